The third-order valence-electron chi connectivity index (χ3n) is 5.29. The molecule has 0 bridgehead atoms. The van der Waals surface area contributed by atoms with Gasteiger partial charge in [0.15, 0.2) is 0 Å². The molecular weight excluding hydrogens is 404 g/mol. The molecule has 1 atom stereocenters. The molecule has 1 aromatic carbocycles. The Morgan fingerprint density at radius 3 is 2.90 bits per heavy atom. The van der Waals surface area contributed by atoms with Gasteiger partial charge in [-0.2, -0.15) is 4.31 Å². The van der Waals surface area contributed by atoms with Gasteiger partial charge in [-0.25, -0.2) is 13.4 Å². The molecule has 3 rings (SSSR count). The van der Waals surface area contributed by atoms with Crippen LogP contribution in [0.5, 0.6) is 5.75 Å². The summed E-state index contributed by atoms with van der Waals surface area (Å²) in [4.78, 5) is 16.8. The van der Waals surface area contributed by atoms with Crippen molar-refractivity contribution in [2.24, 2.45) is 5.92 Å². The first-order valence-corrected chi connectivity index (χ1v) is 11.8. The molecule has 164 valence electrons. The van der Waals surface area contributed by atoms with Crippen LogP contribution in [0.15, 0.2) is 41.8 Å². The van der Waals surface area contributed by atoms with Crippen molar-refractivity contribution in [1.82, 2.24) is 19.2 Å². The van der Waals surface area contributed by atoms with Gasteiger partial charge in [-0.3, -0.25) is 4.79 Å². The Kier molecular flexibility index (Phi) is 7.49. The number of nitrogens with one attached hydrogen (secondary N) is 1. The van der Waals surface area contributed by atoms with Crippen LogP contribution >= 0.6 is 0 Å². The molecule has 2 heterocycles. The number of hydrogen-bond donors (Lipinski definition) is 1. The number of imidazole rings is 1. The van der Waals surface area contributed by atoms with Crippen molar-refractivity contribution in [3.8, 4) is 5.75 Å². The smallest absolute Gasteiger partial charge is 0.243 e. The van der Waals surface area contributed by atoms with E-state index in [9.17, 15) is 13.2 Å². The van der Waals surface area contributed by atoms with Gasteiger partial charge >= 0.3 is 0 Å². The highest BCUT2D eigenvalue weighted by molar-refractivity contribution is 7.89. The molecule has 1 aliphatic heterocycles. The number of carbonyl (C=O) groups is 1. The predicted molar refractivity (Wildman–Crippen MR) is 114 cm³/mol. The molecule has 8 nitrogen and oxygen atoms in total. The quantitative estimate of drug-likeness (QED) is 0.611. The zero-order valence-electron chi connectivity index (χ0n) is 17.6. The summed E-state index contributed by atoms with van der Waals surface area (Å²) in [6, 6.07) is 4.91. The summed E-state index contributed by atoms with van der Waals surface area (Å²) >= 11 is 0. The van der Waals surface area contributed by atoms with Crippen molar-refractivity contribution < 1.29 is 17.9 Å². The number of sulfonamides is 1. The molecule has 1 fully saturated rings. The molecule has 0 spiro atoms. The van der Waals surface area contributed by atoms with Gasteiger partial charge in [0.2, 0.25) is 15.9 Å². The Morgan fingerprint density at radius 1 is 1.37 bits per heavy atom. The Labute approximate surface area is 178 Å². The monoisotopic (exact) mass is 434 g/mol. The summed E-state index contributed by atoms with van der Waals surface area (Å²) in [5.41, 5.74) is 0.780. The summed E-state index contributed by atoms with van der Waals surface area (Å²) in [5, 5.41) is 2.95. The standard InChI is InChI=1S/C21H30N4O4S/c1-3-29-20-8-7-19(14-17(20)2)30(27,28)25-12-4-6-18(15-25)21(26)23-9-5-11-24-13-10-22-16-24/h7-8,10,13-14,16,18H,3-6,9,11-12,15H2,1-2H3,(H,23,26)/t18-/m1/s1. The maximum absolute atomic E-state index is 13.1. The highest BCUT2D eigenvalue weighted by atomic mass is 32.2. The number of nitrogens with zero attached hydrogens (tertiary/aromatic N) is 3. The molecule has 0 aliphatic carbocycles. The van der Waals surface area contributed by atoms with Crippen LogP contribution in [0.25, 0.3) is 0 Å². The SMILES string of the molecule is CCOc1ccc(S(=O)(=O)N2CCC[C@@H](C(=O)NCCCn3ccnc3)C2)cc1C. The number of carbonyl (C=O) groups excluding carboxylic acids is 1. The zero-order valence-corrected chi connectivity index (χ0v) is 18.4. The summed E-state index contributed by atoms with van der Waals surface area (Å²) in [6.07, 6.45) is 7.51. The lowest BCUT2D eigenvalue weighted by atomic mass is 9.99. The third kappa shape index (κ3) is 5.40. The van der Waals surface area contributed by atoms with E-state index in [1.54, 1.807) is 30.7 Å². The van der Waals surface area contributed by atoms with Crippen molar-refractivity contribution in [2.75, 3.05) is 26.2 Å². The number of hydrogen-bond acceptors (Lipinski definition) is 5. The fourth-order valence-electron chi connectivity index (χ4n) is 3.66. The molecule has 0 saturated carbocycles. The van der Waals surface area contributed by atoms with Crippen LogP contribution in [-0.4, -0.2) is 54.4 Å². The van der Waals surface area contributed by atoms with Gasteiger partial charge in [0.1, 0.15) is 5.75 Å². The molecule has 1 N–H and O–H groups in total. The molecule has 30 heavy (non-hydrogen) atoms. The number of aryl methyl sites for hydroxylation is 2. The normalized spacial score (nSPS) is 17.6. The molecule has 9 heteroatoms. The van der Waals surface area contributed by atoms with Crippen LogP contribution in [0, 0.1) is 12.8 Å². The van der Waals surface area contributed by atoms with Crippen LogP contribution in [0.4, 0.5) is 0 Å². The topological polar surface area (TPSA) is 93.5 Å². The van der Waals surface area contributed by atoms with E-state index in [4.69, 9.17) is 4.74 Å². The van der Waals surface area contributed by atoms with Crippen LogP contribution in [0.2, 0.25) is 0 Å². The van der Waals surface area contributed by atoms with E-state index in [2.05, 4.69) is 10.3 Å². The van der Waals surface area contributed by atoms with Gasteiger partial charge in [0.05, 0.1) is 23.7 Å². The van der Waals surface area contributed by atoms with Gasteiger partial charge in [0.25, 0.3) is 0 Å². The van der Waals surface area contributed by atoms with E-state index < -0.39 is 10.0 Å². The Hall–Kier alpha value is -2.39. The van der Waals surface area contributed by atoms with E-state index >= 15 is 0 Å². The Bertz CT molecular complexity index is 944. The van der Waals surface area contributed by atoms with Crippen LogP contribution < -0.4 is 10.1 Å². The lowest BCUT2D eigenvalue weighted by Crippen LogP contribution is -2.45. The number of piperidine rings is 1. The molecule has 1 amide bonds. The lowest BCUT2D eigenvalue weighted by molar-refractivity contribution is -0.126. The molecule has 0 unspecified atom stereocenters. The molecule has 0 radical (unpaired) electrons. The number of rotatable bonds is 9. The van der Waals surface area contributed by atoms with Crippen molar-refractivity contribution in [3.05, 3.63) is 42.5 Å². The van der Waals surface area contributed by atoms with Crippen LogP contribution in [0.1, 0.15) is 31.7 Å². The van der Waals surface area contributed by atoms with Gasteiger partial charge < -0.3 is 14.6 Å². The first kappa shape index (κ1) is 22.3. The minimum Gasteiger partial charge on any atom is -0.494 e. The van der Waals surface area contributed by atoms with E-state index in [0.29, 0.717) is 38.3 Å². The van der Waals surface area contributed by atoms with Gasteiger partial charge in [-0.15, -0.1) is 0 Å². The second-order valence-corrected chi connectivity index (χ2v) is 9.45. The number of aromatic nitrogens is 2. The van der Waals surface area contributed by atoms with E-state index in [0.717, 1.165) is 18.5 Å². The predicted octanol–water partition coefficient (Wildman–Crippen LogP) is 2.20. The Balaban J connectivity index is 1.57. The fourth-order valence-corrected chi connectivity index (χ4v) is 5.27. The van der Waals surface area contributed by atoms with Crippen molar-refractivity contribution in [1.29, 1.82) is 0 Å². The van der Waals surface area contributed by atoms with Crippen molar-refractivity contribution >= 4 is 15.9 Å². The van der Waals surface area contributed by atoms with Crippen LogP contribution in [0.3, 0.4) is 0 Å². The number of amides is 1. The molecule has 1 saturated heterocycles. The molecule has 2 aromatic rings. The van der Waals surface area contributed by atoms with Gasteiger partial charge in [-0.05, 0) is 56.9 Å². The third-order valence-corrected chi connectivity index (χ3v) is 7.15. The van der Waals surface area contributed by atoms with E-state index in [1.165, 1.54) is 4.31 Å². The highest BCUT2D eigenvalue weighted by Crippen LogP contribution is 2.27. The van der Waals surface area contributed by atoms with E-state index in [-0.39, 0.29) is 23.3 Å². The highest BCUT2D eigenvalue weighted by Gasteiger charge is 2.33. The molecule has 1 aromatic heterocycles. The summed E-state index contributed by atoms with van der Waals surface area (Å²) in [7, 11) is -3.65. The fraction of sp³-hybridized carbons (Fsp3) is 0.524. The minimum absolute atomic E-state index is 0.0802. The first-order chi connectivity index (χ1) is 14.4. The van der Waals surface area contributed by atoms with Crippen molar-refractivity contribution in [2.45, 2.75) is 44.6 Å². The maximum atomic E-state index is 13.1. The maximum Gasteiger partial charge on any atom is 0.243 e. The average Bonchev–Trinajstić information content (AvgIpc) is 3.26. The second kappa shape index (κ2) is 10.1. The second-order valence-electron chi connectivity index (χ2n) is 7.51. The lowest BCUT2D eigenvalue weighted by Gasteiger charge is -2.31. The summed E-state index contributed by atoms with van der Waals surface area (Å²) in [6.45, 7) is 6.22. The summed E-state index contributed by atoms with van der Waals surface area (Å²) < 4.78 is 35.1. The molecule has 1 aliphatic rings. The van der Waals surface area contributed by atoms with Gasteiger partial charge in [0, 0.05) is 38.6 Å². The largest absolute Gasteiger partial charge is 0.494 e. The van der Waals surface area contributed by atoms with Crippen molar-refractivity contribution in [3.63, 3.8) is 0 Å². The molecular formula is C21H30N4O4S. The summed E-state index contributed by atoms with van der Waals surface area (Å²) in [5.74, 6) is 0.275. The Morgan fingerprint density at radius 2 is 2.20 bits per heavy atom. The van der Waals surface area contributed by atoms with Crippen LogP contribution in [-0.2, 0) is 21.4 Å². The first-order valence-electron chi connectivity index (χ1n) is 10.4. The number of benzene rings is 1. The zero-order chi connectivity index (χ0) is 21.6. The van der Waals surface area contributed by atoms with E-state index in [1.807, 2.05) is 24.6 Å². The van der Waals surface area contributed by atoms with Gasteiger partial charge in [-0.1, -0.05) is 0 Å². The average molecular weight is 435 g/mol. The minimum atomic E-state index is -3.65. The number of ether oxygens (including phenoxy) is 1.